The highest BCUT2D eigenvalue weighted by Crippen LogP contribution is 2.66. The third-order valence-electron chi connectivity index (χ3n) is 9.25. The standard InChI is InChI=1S/C29H35FN2O3/c1-4-35-27(34)21-11-10-20-19-12-23(30)22-13-24(32-18-8-6-5-7-9-18)17(16-31)14-29(22,3)26(19)25(33)15-28(20,21)2/h5-9,12-13,16,19-21,25-26,33H,4,10-11,14-15,31H2,1-3H3. The smallest absolute Gasteiger partial charge is 0.309 e. The Hall–Kier alpha value is -2.73. The number of nitrogens with zero attached hydrogens (tertiary/aromatic N) is 1. The topological polar surface area (TPSA) is 84.9 Å². The summed E-state index contributed by atoms with van der Waals surface area (Å²) in [5, 5.41) is 11.6. The maximum Gasteiger partial charge on any atom is 0.309 e. The van der Waals surface area contributed by atoms with Crippen LogP contribution in [0.2, 0.25) is 0 Å². The molecule has 35 heavy (non-hydrogen) atoms. The number of rotatable bonds is 3. The van der Waals surface area contributed by atoms with Gasteiger partial charge in [-0.25, -0.2) is 9.38 Å². The fourth-order valence-electron chi connectivity index (χ4n) is 7.74. The van der Waals surface area contributed by atoms with Gasteiger partial charge in [-0.3, -0.25) is 4.79 Å². The van der Waals surface area contributed by atoms with Gasteiger partial charge in [0.15, 0.2) is 0 Å². The van der Waals surface area contributed by atoms with Crippen LogP contribution in [0.1, 0.15) is 46.5 Å². The van der Waals surface area contributed by atoms with Crippen LogP contribution < -0.4 is 5.73 Å². The second-order valence-electron chi connectivity index (χ2n) is 11.1. The normalized spacial score (nSPS) is 40.4. The van der Waals surface area contributed by atoms with Crippen LogP contribution in [0.3, 0.4) is 0 Å². The molecule has 7 unspecified atom stereocenters. The fraction of sp³-hybridized carbons (Fsp3) is 0.517. The second-order valence-corrected chi connectivity index (χ2v) is 11.1. The van der Waals surface area contributed by atoms with Gasteiger partial charge in [0.25, 0.3) is 0 Å². The zero-order valence-electron chi connectivity index (χ0n) is 20.7. The lowest BCUT2D eigenvalue weighted by Crippen LogP contribution is -2.56. The van der Waals surface area contributed by atoms with Crippen molar-refractivity contribution in [2.75, 3.05) is 6.61 Å². The van der Waals surface area contributed by atoms with E-state index in [2.05, 4.69) is 13.8 Å². The van der Waals surface area contributed by atoms with Crippen LogP contribution in [-0.2, 0) is 9.53 Å². The zero-order chi connectivity index (χ0) is 25.0. The molecular formula is C29H35FN2O3. The Labute approximate surface area is 206 Å². The molecule has 7 atom stereocenters. The number of nitrogens with two attached hydrogens (primary N) is 1. The summed E-state index contributed by atoms with van der Waals surface area (Å²) in [4.78, 5) is 17.5. The van der Waals surface area contributed by atoms with Gasteiger partial charge in [0, 0.05) is 11.3 Å². The van der Waals surface area contributed by atoms with E-state index in [-0.39, 0.29) is 35.5 Å². The van der Waals surface area contributed by atoms with E-state index in [1.165, 1.54) is 0 Å². The largest absolute Gasteiger partial charge is 0.466 e. The lowest BCUT2D eigenvalue weighted by molar-refractivity contribution is -0.158. The average molecular weight is 479 g/mol. The Morgan fingerprint density at radius 2 is 2.03 bits per heavy atom. The number of aliphatic hydroxyl groups is 1. The minimum absolute atomic E-state index is 0.110. The molecule has 6 heteroatoms. The summed E-state index contributed by atoms with van der Waals surface area (Å²) >= 11 is 0. The van der Waals surface area contributed by atoms with E-state index in [1.807, 2.05) is 43.3 Å². The van der Waals surface area contributed by atoms with Crippen LogP contribution in [0.5, 0.6) is 0 Å². The van der Waals surface area contributed by atoms with Crippen molar-refractivity contribution in [3.05, 3.63) is 65.7 Å². The van der Waals surface area contributed by atoms with Gasteiger partial charge in [-0.2, -0.15) is 0 Å². The molecular weight excluding hydrogens is 443 g/mol. The zero-order valence-corrected chi connectivity index (χ0v) is 20.7. The summed E-state index contributed by atoms with van der Waals surface area (Å²) in [5.74, 6) is -0.916. The van der Waals surface area contributed by atoms with Crippen LogP contribution in [0.4, 0.5) is 10.1 Å². The molecule has 0 radical (unpaired) electrons. The number of para-hydroxylation sites is 1. The van der Waals surface area contributed by atoms with Crippen molar-refractivity contribution in [3.8, 4) is 0 Å². The number of ether oxygens (including phenoxy) is 1. The third kappa shape index (κ3) is 3.68. The fourth-order valence-corrected chi connectivity index (χ4v) is 7.74. The van der Waals surface area contributed by atoms with Crippen LogP contribution in [0, 0.1) is 34.5 Å². The van der Waals surface area contributed by atoms with Gasteiger partial charge < -0.3 is 15.6 Å². The number of carbonyl (C=O) groups is 1. The summed E-state index contributed by atoms with van der Waals surface area (Å²) < 4.78 is 21.3. The number of aliphatic imine (C=N–C) groups is 1. The Balaban J connectivity index is 1.57. The molecule has 0 spiro atoms. The van der Waals surface area contributed by atoms with E-state index in [0.717, 1.165) is 17.7 Å². The predicted octanol–water partition coefficient (Wildman–Crippen LogP) is 5.40. The molecule has 4 aliphatic rings. The molecule has 0 bridgehead atoms. The Morgan fingerprint density at radius 3 is 2.71 bits per heavy atom. The molecule has 1 aromatic carbocycles. The molecule has 186 valence electrons. The van der Waals surface area contributed by atoms with E-state index >= 15 is 4.39 Å². The number of carbonyl (C=O) groups excluding carboxylic acids is 1. The van der Waals surface area contributed by atoms with Crippen molar-refractivity contribution < 1.29 is 19.0 Å². The number of esters is 1. The lowest BCUT2D eigenvalue weighted by Gasteiger charge is -2.58. The van der Waals surface area contributed by atoms with E-state index < -0.39 is 16.9 Å². The summed E-state index contributed by atoms with van der Waals surface area (Å²) in [7, 11) is 0. The van der Waals surface area contributed by atoms with Gasteiger partial charge in [0.05, 0.1) is 30.0 Å². The van der Waals surface area contributed by atoms with Gasteiger partial charge in [-0.1, -0.05) is 32.0 Å². The van der Waals surface area contributed by atoms with Crippen LogP contribution in [0.25, 0.3) is 0 Å². The van der Waals surface area contributed by atoms with Crippen molar-refractivity contribution >= 4 is 17.4 Å². The number of aliphatic hydroxyl groups excluding tert-OH is 1. The van der Waals surface area contributed by atoms with Gasteiger partial charge in [-0.15, -0.1) is 0 Å². The summed E-state index contributed by atoms with van der Waals surface area (Å²) in [5.41, 5.74) is 7.90. The number of hydrogen-bond donors (Lipinski definition) is 2. The van der Waals surface area contributed by atoms with Crippen molar-refractivity contribution in [1.82, 2.24) is 0 Å². The maximum atomic E-state index is 15.9. The molecule has 5 nitrogen and oxygen atoms in total. The predicted molar refractivity (Wildman–Crippen MR) is 134 cm³/mol. The quantitative estimate of drug-likeness (QED) is 0.570. The summed E-state index contributed by atoms with van der Waals surface area (Å²) in [6, 6.07) is 9.57. The first-order chi connectivity index (χ1) is 16.7. The van der Waals surface area contributed by atoms with E-state index in [4.69, 9.17) is 15.5 Å². The van der Waals surface area contributed by atoms with Crippen LogP contribution >= 0.6 is 0 Å². The molecule has 5 rings (SSSR count). The van der Waals surface area contributed by atoms with Crippen LogP contribution in [-0.4, -0.2) is 29.5 Å². The van der Waals surface area contributed by atoms with Crippen molar-refractivity contribution in [1.29, 1.82) is 0 Å². The molecule has 0 aliphatic heterocycles. The number of hydrogen-bond acceptors (Lipinski definition) is 5. The first-order valence-electron chi connectivity index (χ1n) is 12.7. The van der Waals surface area contributed by atoms with E-state index in [9.17, 15) is 9.90 Å². The number of halogens is 1. The molecule has 0 amide bonds. The third-order valence-corrected chi connectivity index (χ3v) is 9.25. The van der Waals surface area contributed by atoms with Crippen LogP contribution in [0.15, 0.2) is 70.6 Å². The second kappa shape index (κ2) is 8.74. The van der Waals surface area contributed by atoms with Gasteiger partial charge in [0.1, 0.15) is 5.83 Å². The van der Waals surface area contributed by atoms with Crippen molar-refractivity contribution in [2.45, 2.75) is 52.6 Å². The van der Waals surface area contributed by atoms with Gasteiger partial charge in [-0.05, 0) is 91.5 Å². The van der Waals surface area contributed by atoms with Gasteiger partial charge in [0.2, 0.25) is 0 Å². The molecule has 1 aromatic rings. The highest BCUT2D eigenvalue weighted by atomic mass is 19.1. The highest BCUT2D eigenvalue weighted by molar-refractivity contribution is 6.11. The average Bonchev–Trinajstić information content (AvgIpc) is 3.16. The first-order valence-corrected chi connectivity index (χ1v) is 12.7. The monoisotopic (exact) mass is 478 g/mol. The Kier molecular flexibility index (Phi) is 5.99. The molecule has 2 saturated carbocycles. The SMILES string of the molecule is CCOC(=O)C1CCC2C3C=C(F)C4=CC(=Nc5ccccc5)C(=CN)CC4(C)C3C(O)CC12C. The van der Waals surface area contributed by atoms with E-state index in [0.29, 0.717) is 37.2 Å². The Morgan fingerprint density at radius 1 is 1.29 bits per heavy atom. The molecule has 0 aromatic heterocycles. The maximum absolute atomic E-state index is 15.9. The van der Waals surface area contributed by atoms with Gasteiger partial charge >= 0.3 is 5.97 Å². The molecule has 4 aliphatic carbocycles. The number of fused-ring (bicyclic) bond motifs is 5. The Bertz CT molecular complexity index is 1140. The minimum atomic E-state index is -0.666. The lowest BCUT2D eigenvalue weighted by atomic mass is 9.47. The summed E-state index contributed by atoms with van der Waals surface area (Å²) in [6.45, 7) is 6.29. The molecule has 0 saturated heterocycles. The molecule has 3 N–H and O–H groups in total. The van der Waals surface area contributed by atoms with Crippen molar-refractivity contribution in [3.63, 3.8) is 0 Å². The number of allylic oxidation sites excluding steroid dienone is 5. The summed E-state index contributed by atoms with van der Waals surface area (Å²) in [6.07, 6.45) is 6.98. The molecule has 0 heterocycles. The van der Waals surface area contributed by atoms with E-state index in [1.54, 1.807) is 12.3 Å². The van der Waals surface area contributed by atoms with Crippen molar-refractivity contribution in [2.24, 2.45) is 45.2 Å². The minimum Gasteiger partial charge on any atom is -0.466 e. The number of benzene rings is 1. The first kappa shape index (κ1) is 24.0. The highest BCUT2D eigenvalue weighted by Gasteiger charge is 2.63. The molecule has 2 fully saturated rings.